The van der Waals surface area contributed by atoms with Gasteiger partial charge in [-0.2, -0.15) is 87.8 Å². The predicted molar refractivity (Wildman–Crippen MR) is 83.2 cm³/mol. The van der Waals surface area contributed by atoms with Gasteiger partial charge in [-0.05, 0) is 32.4 Å². The van der Waals surface area contributed by atoms with E-state index in [-0.39, 0.29) is 0 Å². The van der Waals surface area contributed by atoms with E-state index >= 15 is 0 Å². The first-order valence-electron chi connectivity index (χ1n) is 8.67. The van der Waals surface area contributed by atoms with Gasteiger partial charge in [0.15, 0.2) is 0 Å². The van der Waals surface area contributed by atoms with Crippen molar-refractivity contribution in [3.8, 4) is 0 Å². The highest BCUT2D eigenvalue weighted by atomic mass is 35.5. The SMILES string of the molecule is CC(C)(C)NC(=O)C(F)(F)C(F)(F)C(F)(F)C(F)(F)C(F)(F)C(F)(F)C(F)(F)C(F)(F)C(F)(F)C(F)(F)Cl. The number of nitrogens with one attached hydrogen (secondary N) is 1. The highest BCUT2D eigenvalue weighted by molar-refractivity contribution is 6.22. The zero-order valence-corrected chi connectivity index (χ0v) is 18.6. The summed E-state index contributed by atoms with van der Waals surface area (Å²) in [5, 5.41) is -6.30. The van der Waals surface area contributed by atoms with Gasteiger partial charge in [0.25, 0.3) is 5.91 Å². The van der Waals surface area contributed by atoms with Gasteiger partial charge < -0.3 is 5.32 Å². The molecule has 0 heterocycles. The van der Waals surface area contributed by atoms with Crippen LogP contribution in [0, 0.1) is 0 Å². The van der Waals surface area contributed by atoms with E-state index in [1.54, 1.807) is 0 Å². The number of carbonyl (C=O) groups is 1. The van der Waals surface area contributed by atoms with Crippen molar-refractivity contribution in [3.05, 3.63) is 0 Å². The minimum absolute atomic E-state index is 0.656. The van der Waals surface area contributed by atoms with Crippen LogP contribution in [-0.2, 0) is 4.79 Å². The Morgan fingerprint density at radius 1 is 0.447 bits per heavy atom. The molecule has 2 nitrogen and oxygen atoms in total. The molecule has 0 radical (unpaired) electrons. The minimum Gasteiger partial charge on any atom is -0.346 e. The molecule has 38 heavy (non-hydrogen) atoms. The molecule has 0 saturated heterocycles. The van der Waals surface area contributed by atoms with Gasteiger partial charge in [0.05, 0.1) is 0 Å². The Bertz CT molecular complexity index is 899. The first-order chi connectivity index (χ1) is 15.9. The summed E-state index contributed by atoms with van der Waals surface area (Å²) in [6.07, 6.45) is 0. The van der Waals surface area contributed by atoms with Crippen molar-refractivity contribution in [3.63, 3.8) is 0 Å². The van der Waals surface area contributed by atoms with Crippen molar-refractivity contribution < 1.29 is 92.6 Å². The monoisotopic (exact) mass is 635 g/mol. The van der Waals surface area contributed by atoms with Crippen molar-refractivity contribution in [1.29, 1.82) is 0 Å². The second kappa shape index (κ2) is 8.93. The molecular formula is C15H10ClF20NO. The maximum atomic E-state index is 13.7. The smallest absolute Gasteiger partial charge is 0.346 e. The van der Waals surface area contributed by atoms with E-state index in [2.05, 4.69) is 11.6 Å². The average molecular weight is 636 g/mol. The normalized spacial score (nSPS) is 16.5. The summed E-state index contributed by atoms with van der Waals surface area (Å²) in [5.41, 5.74) is -2.10. The van der Waals surface area contributed by atoms with Crippen LogP contribution in [0.25, 0.3) is 0 Å². The standard InChI is InChI=1S/C15H10ClF20NO/c1-5(2,3)37-4(38)6(17,18)7(19,20)8(21,22)9(23,24)10(25,26)11(27,28)12(29,30)13(31,32)14(33,34)15(16,35)36/h1-3H3,(H,37,38). The summed E-state index contributed by atoms with van der Waals surface area (Å²) < 4.78 is 268. The molecule has 0 saturated carbocycles. The lowest BCUT2D eigenvalue weighted by Gasteiger charge is -2.44. The second-order valence-electron chi connectivity index (χ2n) is 8.37. The van der Waals surface area contributed by atoms with Crippen molar-refractivity contribution in [2.75, 3.05) is 0 Å². The van der Waals surface area contributed by atoms with Crippen molar-refractivity contribution in [2.24, 2.45) is 0 Å². The third-order valence-electron chi connectivity index (χ3n) is 4.28. The Hall–Kier alpha value is -1.64. The Kier molecular flexibility index (Phi) is 8.55. The zero-order chi connectivity index (χ0) is 31.8. The average Bonchev–Trinajstić information content (AvgIpc) is 2.64. The molecule has 0 aromatic heterocycles. The molecule has 1 amide bonds. The lowest BCUT2D eigenvalue weighted by Crippen LogP contribution is -2.77. The number of alkyl halides is 21. The molecule has 0 bridgehead atoms. The lowest BCUT2D eigenvalue weighted by atomic mass is 9.86. The molecule has 228 valence electrons. The van der Waals surface area contributed by atoms with Gasteiger partial charge in [-0.3, -0.25) is 4.79 Å². The van der Waals surface area contributed by atoms with Crippen LogP contribution < -0.4 is 5.32 Å². The number of carbonyl (C=O) groups excluding carboxylic acids is 1. The maximum absolute atomic E-state index is 13.7. The number of hydrogen-bond acceptors (Lipinski definition) is 1. The zero-order valence-electron chi connectivity index (χ0n) is 17.8. The lowest BCUT2D eigenvalue weighted by molar-refractivity contribution is -0.464. The first-order valence-corrected chi connectivity index (χ1v) is 9.05. The molecule has 0 rings (SSSR count). The first kappa shape index (κ1) is 36.4. The molecule has 0 unspecified atom stereocenters. The van der Waals surface area contributed by atoms with Gasteiger partial charge in [0.1, 0.15) is 0 Å². The summed E-state index contributed by atoms with van der Waals surface area (Å²) in [6.45, 7) is 1.97. The van der Waals surface area contributed by atoms with Gasteiger partial charge in [0, 0.05) is 5.54 Å². The largest absolute Gasteiger partial charge is 0.393 e. The van der Waals surface area contributed by atoms with E-state index in [4.69, 9.17) is 0 Å². The van der Waals surface area contributed by atoms with Crippen LogP contribution in [0.5, 0.6) is 0 Å². The summed E-state index contributed by atoms with van der Waals surface area (Å²) in [6, 6.07) is 0. The molecule has 0 fully saturated rings. The fourth-order valence-corrected chi connectivity index (χ4v) is 2.24. The quantitative estimate of drug-likeness (QED) is 0.196. The summed E-state index contributed by atoms with van der Waals surface area (Å²) in [7, 11) is 0. The van der Waals surface area contributed by atoms with Crippen molar-refractivity contribution >= 4 is 17.5 Å². The fraction of sp³-hybridized carbons (Fsp3) is 0.933. The number of rotatable bonds is 10. The second-order valence-corrected chi connectivity index (χ2v) is 8.85. The van der Waals surface area contributed by atoms with Crippen molar-refractivity contribution in [1.82, 2.24) is 5.32 Å². The van der Waals surface area contributed by atoms with E-state index in [0.717, 1.165) is 5.32 Å². The Morgan fingerprint density at radius 3 is 0.868 bits per heavy atom. The predicted octanol–water partition coefficient (Wildman–Crippen LogP) is 7.45. The Balaban J connectivity index is 7.10. The van der Waals surface area contributed by atoms with Gasteiger partial charge in [0.2, 0.25) is 0 Å². The van der Waals surface area contributed by atoms with Crippen LogP contribution in [-0.4, -0.2) is 70.1 Å². The van der Waals surface area contributed by atoms with Crippen LogP contribution in [0.3, 0.4) is 0 Å². The highest BCUT2D eigenvalue weighted by Gasteiger charge is 2.98. The molecule has 0 spiro atoms. The highest BCUT2D eigenvalue weighted by Crippen LogP contribution is 2.66. The molecule has 0 aliphatic heterocycles. The van der Waals surface area contributed by atoms with E-state index in [0.29, 0.717) is 20.8 Å². The van der Waals surface area contributed by atoms with Crippen LogP contribution >= 0.6 is 11.6 Å². The summed E-state index contributed by atoms with van der Waals surface area (Å²) in [4.78, 5) is 11.2. The maximum Gasteiger partial charge on any atom is 0.393 e. The Morgan fingerprint density at radius 2 is 0.658 bits per heavy atom. The molecular weight excluding hydrogens is 626 g/mol. The van der Waals surface area contributed by atoms with Crippen LogP contribution in [0.15, 0.2) is 0 Å². The number of halogens is 21. The number of amides is 1. The van der Waals surface area contributed by atoms with Gasteiger partial charge in [-0.15, -0.1) is 0 Å². The third-order valence-corrected chi connectivity index (χ3v) is 4.52. The molecule has 0 aliphatic rings. The van der Waals surface area contributed by atoms with E-state index < -0.39 is 70.1 Å². The van der Waals surface area contributed by atoms with Gasteiger partial charge in [-0.1, -0.05) is 0 Å². The fourth-order valence-electron chi connectivity index (χ4n) is 2.12. The van der Waals surface area contributed by atoms with Crippen LogP contribution in [0.2, 0.25) is 0 Å². The van der Waals surface area contributed by atoms with E-state index in [9.17, 15) is 92.6 Å². The minimum atomic E-state index is -9.16. The summed E-state index contributed by atoms with van der Waals surface area (Å²) in [5.74, 6) is -81.0. The molecule has 1 N–H and O–H groups in total. The number of hydrogen-bond donors (Lipinski definition) is 1. The van der Waals surface area contributed by atoms with Gasteiger partial charge in [-0.25, -0.2) is 0 Å². The van der Waals surface area contributed by atoms with E-state index in [1.165, 1.54) is 0 Å². The third kappa shape index (κ3) is 4.68. The van der Waals surface area contributed by atoms with E-state index in [1.807, 2.05) is 0 Å². The Labute approximate surface area is 201 Å². The molecule has 0 atom stereocenters. The van der Waals surface area contributed by atoms with Crippen LogP contribution in [0.4, 0.5) is 87.8 Å². The molecule has 23 heteroatoms. The van der Waals surface area contributed by atoms with Crippen LogP contribution in [0.1, 0.15) is 20.8 Å². The molecule has 0 aliphatic carbocycles. The van der Waals surface area contributed by atoms with Gasteiger partial charge >= 0.3 is 58.7 Å². The summed E-state index contributed by atoms with van der Waals surface area (Å²) >= 11 is 3.31. The molecule has 0 aromatic carbocycles. The molecule has 0 aromatic rings. The topological polar surface area (TPSA) is 29.1 Å². The van der Waals surface area contributed by atoms with Crippen molar-refractivity contribution in [2.45, 2.75) is 85.0 Å².